The Morgan fingerprint density at radius 3 is 2.41 bits per heavy atom. The van der Waals surface area contributed by atoms with Crippen LogP contribution in [0.4, 0.5) is 5.69 Å². The summed E-state index contributed by atoms with van der Waals surface area (Å²) >= 11 is 0. The first-order valence-corrected chi connectivity index (χ1v) is 8.75. The van der Waals surface area contributed by atoms with Crippen LogP contribution in [0, 0.1) is 10.1 Å². The summed E-state index contributed by atoms with van der Waals surface area (Å²) in [6, 6.07) is 11.9. The van der Waals surface area contributed by atoms with Crippen molar-refractivity contribution in [1.29, 1.82) is 0 Å². The lowest BCUT2D eigenvalue weighted by Gasteiger charge is -2.34. The number of hydrogen-bond acceptors (Lipinski definition) is 6. The van der Waals surface area contributed by atoms with E-state index in [1.165, 1.54) is 12.1 Å². The molecule has 2 aromatic carbocycles. The van der Waals surface area contributed by atoms with Crippen molar-refractivity contribution in [1.82, 2.24) is 9.80 Å². The molecule has 0 spiro atoms. The van der Waals surface area contributed by atoms with Crippen LogP contribution in [0.3, 0.4) is 0 Å². The summed E-state index contributed by atoms with van der Waals surface area (Å²) in [4.78, 5) is 27.1. The number of nitrogens with zero attached hydrogens (tertiary/aromatic N) is 3. The van der Waals surface area contributed by atoms with Crippen molar-refractivity contribution in [3.8, 4) is 11.5 Å². The van der Waals surface area contributed by atoms with E-state index in [2.05, 4.69) is 4.90 Å². The molecule has 4 rings (SSSR count). The Kier molecular flexibility index (Phi) is 4.64. The lowest BCUT2D eigenvalue weighted by molar-refractivity contribution is -0.384. The summed E-state index contributed by atoms with van der Waals surface area (Å²) in [5, 5.41) is 10.7. The third-order valence-electron chi connectivity index (χ3n) is 4.83. The summed E-state index contributed by atoms with van der Waals surface area (Å²) in [7, 11) is 0. The predicted octanol–water partition coefficient (Wildman–Crippen LogP) is 2.28. The van der Waals surface area contributed by atoms with Crippen LogP contribution in [0.5, 0.6) is 11.5 Å². The number of carbonyl (C=O) groups excluding carboxylic acids is 1. The molecular formula is C19H19N3O5. The van der Waals surface area contributed by atoms with Crippen LogP contribution >= 0.6 is 0 Å². The van der Waals surface area contributed by atoms with E-state index >= 15 is 0 Å². The molecule has 0 aliphatic carbocycles. The summed E-state index contributed by atoms with van der Waals surface area (Å²) in [5.74, 6) is 1.26. The SMILES string of the molecule is O=C(c1ccc2c(c1)OCO2)N1CCN(Cc2ccc([N+](=O)[O-])cc2)CC1. The molecule has 2 heterocycles. The number of benzene rings is 2. The maximum absolute atomic E-state index is 12.7. The highest BCUT2D eigenvalue weighted by Gasteiger charge is 2.24. The number of nitro groups is 1. The van der Waals surface area contributed by atoms with Gasteiger partial charge in [-0.1, -0.05) is 12.1 Å². The molecule has 27 heavy (non-hydrogen) atoms. The Morgan fingerprint density at radius 1 is 1.00 bits per heavy atom. The van der Waals surface area contributed by atoms with Gasteiger partial charge in [0.25, 0.3) is 11.6 Å². The molecule has 8 heteroatoms. The number of rotatable bonds is 4. The predicted molar refractivity (Wildman–Crippen MR) is 96.8 cm³/mol. The second-order valence-electron chi connectivity index (χ2n) is 6.56. The average molecular weight is 369 g/mol. The van der Waals surface area contributed by atoms with Gasteiger partial charge in [0.2, 0.25) is 6.79 Å². The van der Waals surface area contributed by atoms with E-state index in [9.17, 15) is 14.9 Å². The number of carbonyl (C=O) groups is 1. The van der Waals surface area contributed by atoms with E-state index < -0.39 is 4.92 Å². The van der Waals surface area contributed by atoms with Gasteiger partial charge in [-0.25, -0.2) is 0 Å². The van der Waals surface area contributed by atoms with Crippen LogP contribution in [-0.2, 0) is 6.54 Å². The van der Waals surface area contributed by atoms with Gasteiger partial charge in [0, 0.05) is 50.4 Å². The van der Waals surface area contributed by atoms with Gasteiger partial charge in [-0.15, -0.1) is 0 Å². The van der Waals surface area contributed by atoms with E-state index in [0.29, 0.717) is 36.7 Å². The van der Waals surface area contributed by atoms with Crippen molar-refractivity contribution in [2.75, 3.05) is 33.0 Å². The maximum atomic E-state index is 12.7. The number of non-ortho nitro benzene ring substituents is 1. The molecule has 0 bridgehead atoms. The lowest BCUT2D eigenvalue weighted by Crippen LogP contribution is -2.48. The van der Waals surface area contributed by atoms with Crippen LogP contribution in [0.2, 0.25) is 0 Å². The van der Waals surface area contributed by atoms with Gasteiger partial charge in [0.05, 0.1) is 4.92 Å². The fourth-order valence-electron chi connectivity index (χ4n) is 3.30. The second kappa shape index (κ2) is 7.24. The molecule has 0 aromatic heterocycles. The number of amides is 1. The fraction of sp³-hybridized carbons (Fsp3) is 0.316. The fourth-order valence-corrected chi connectivity index (χ4v) is 3.30. The molecule has 1 saturated heterocycles. The Balaban J connectivity index is 1.33. The van der Waals surface area contributed by atoms with E-state index in [4.69, 9.17) is 9.47 Å². The summed E-state index contributed by atoms with van der Waals surface area (Å²) in [5.41, 5.74) is 1.72. The van der Waals surface area contributed by atoms with Gasteiger partial charge in [0.15, 0.2) is 11.5 Å². The monoisotopic (exact) mass is 369 g/mol. The van der Waals surface area contributed by atoms with Gasteiger partial charge in [-0.05, 0) is 23.8 Å². The molecule has 0 saturated carbocycles. The molecule has 1 amide bonds. The zero-order chi connectivity index (χ0) is 18.8. The minimum absolute atomic E-state index is 0.0108. The Bertz CT molecular complexity index is 860. The van der Waals surface area contributed by atoms with Crippen LogP contribution in [0.1, 0.15) is 15.9 Å². The highest BCUT2D eigenvalue weighted by atomic mass is 16.7. The van der Waals surface area contributed by atoms with Crippen LogP contribution in [0.25, 0.3) is 0 Å². The van der Waals surface area contributed by atoms with Gasteiger partial charge >= 0.3 is 0 Å². The van der Waals surface area contributed by atoms with Crippen molar-refractivity contribution in [3.63, 3.8) is 0 Å². The molecular weight excluding hydrogens is 350 g/mol. The molecule has 0 radical (unpaired) electrons. The molecule has 2 aliphatic heterocycles. The molecule has 0 N–H and O–H groups in total. The summed E-state index contributed by atoms with van der Waals surface area (Å²) < 4.78 is 10.6. The van der Waals surface area contributed by atoms with Crippen molar-refractivity contribution < 1.29 is 19.2 Å². The van der Waals surface area contributed by atoms with Crippen LogP contribution in [-0.4, -0.2) is 53.6 Å². The third-order valence-corrected chi connectivity index (χ3v) is 4.83. The molecule has 140 valence electrons. The Hall–Kier alpha value is -3.13. The number of ether oxygens (including phenoxy) is 2. The number of fused-ring (bicyclic) bond motifs is 1. The molecule has 0 atom stereocenters. The van der Waals surface area contributed by atoms with E-state index in [0.717, 1.165) is 18.7 Å². The Morgan fingerprint density at radius 2 is 1.70 bits per heavy atom. The number of piperazine rings is 1. The first kappa shape index (κ1) is 17.3. The van der Waals surface area contributed by atoms with Crippen LogP contribution in [0.15, 0.2) is 42.5 Å². The summed E-state index contributed by atoms with van der Waals surface area (Å²) in [6.07, 6.45) is 0. The standard InChI is InChI=1S/C19H19N3O5/c23-19(15-3-6-17-18(11-15)27-13-26-17)21-9-7-20(8-10-21)12-14-1-4-16(5-2-14)22(24)25/h1-6,11H,7-10,12-13H2. The quantitative estimate of drug-likeness (QED) is 0.607. The highest BCUT2D eigenvalue weighted by molar-refractivity contribution is 5.95. The van der Waals surface area contributed by atoms with Crippen molar-refractivity contribution in [2.45, 2.75) is 6.54 Å². The van der Waals surface area contributed by atoms with Crippen molar-refractivity contribution >= 4 is 11.6 Å². The Labute approximate surface area is 156 Å². The molecule has 1 fully saturated rings. The maximum Gasteiger partial charge on any atom is 0.269 e. The molecule has 0 unspecified atom stereocenters. The van der Waals surface area contributed by atoms with Crippen molar-refractivity contribution in [3.05, 3.63) is 63.7 Å². The van der Waals surface area contributed by atoms with Gasteiger partial charge in [-0.3, -0.25) is 19.8 Å². The van der Waals surface area contributed by atoms with Crippen molar-refractivity contribution in [2.24, 2.45) is 0 Å². The zero-order valence-electron chi connectivity index (χ0n) is 14.7. The van der Waals surface area contributed by atoms with E-state index in [1.807, 2.05) is 4.90 Å². The van der Waals surface area contributed by atoms with E-state index in [1.54, 1.807) is 30.3 Å². The first-order valence-electron chi connectivity index (χ1n) is 8.75. The first-order chi connectivity index (χ1) is 13.1. The zero-order valence-corrected chi connectivity index (χ0v) is 14.7. The minimum atomic E-state index is -0.399. The van der Waals surface area contributed by atoms with Gasteiger partial charge < -0.3 is 14.4 Å². The lowest BCUT2D eigenvalue weighted by atomic mass is 10.1. The largest absolute Gasteiger partial charge is 0.454 e. The number of nitro benzene ring substituents is 1. The minimum Gasteiger partial charge on any atom is -0.454 e. The van der Waals surface area contributed by atoms with Crippen LogP contribution < -0.4 is 9.47 Å². The smallest absolute Gasteiger partial charge is 0.269 e. The van der Waals surface area contributed by atoms with Gasteiger partial charge in [0.1, 0.15) is 0 Å². The van der Waals surface area contributed by atoms with E-state index in [-0.39, 0.29) is 18.4 Å². The van der Waals surface area contributed by atoms with Gasteiger partial charge in [-0.2, -0.15) is 0 Å². The topological polar surface area (TPSA) is 85.2 Å². The third kappa shape index (κ3) is 3.70. The summed E-state index contributed by atoms with van der Waals surface area (Å²) in [6.45, 7) is 3.69. The number of hydrogen-bond donors (Lipinski definition) is 0. The average Bonchev–Trinajstić information content (AvgIpc) is 3.16. The second-order valence-corrected chi connectivity index (χ2v) is 6.56. The highest BCUT2D eigenvalue weighted by Crippen LogP contribution is 2.32. The molecule has 2 aromatic rings. The molecule has 8 nitrogen and oxygen atoms in total. The molecule has 2 aliphatic rings. The normalized spacial score (nSPS) is 16.4.